The summed E-state index contributed by atoms with van der Waals surface area (Å²) in [6.07, 6.45) is 0. The van der Waals surface area contributed by atoms with Gasteiger partial charge in [0, 0.05) is 37.7 Å². The fraction of sp³-hybridized carbons (Fsp3) is 0.667. The van der Waals surface area contributed by atoms with Gasteiger partial charge < -0.3 is 31.7 Å². The Bertz CT molecular complexity index is 899. The van der Waals surface area contributed by atoms with Crippen molar-refractivity contribution in [3.05, 3.63) is 33.9 Å². The summed E-state index contributed by atoms with van der Waals surface area (Å²) in [6, 6.07) is 4.34. The minimum Gasteiger partial charge on any atom is -0.424 e. The number of hydrogen-bond donors (Lipinski definition) is 0. The number of hydrogen-bond acceptors (Lipinski definition) is 14. The molecule has 1 aromatic carbocycles. The summed E-state index contributed by atoms with van der Waals surface area (Å²) in [7, 11) is 2.78. The first-order chi connectivity index (χ1) is 16.9. The van der Waals surface area contributed by atoms with Gasteiger partial charge in [0.25, 0.3) is 5.69 Å². The number of aryl methyl sites for hydroxylation is 1. The van der Waals surface area contributed by atoms with Gasteiger partial charge in [0.1, 0.15) is 5.75 Å². The highest BCUT2D eigenvalue weighted by Crippen LogP contribution is 2.67. The van der Waals surface area contributed by atoms with Gasteiger partial charge in [-0.05, 0) is 70.4 Å². The van der Waals surface area contributed by atoms with Gasteiger partial charge in [0.15, 0.2) is 0 Å². The third-order valence-corrected chi connectivity index (χ3v) is 18.0. The Morgan fingerprint density at radius 3 is 1.58 bits per heavy atom. The molecule has 0 radical (unpaired) electrons. The standard InChI is InChI=1S/C9H12NO5PS.C9H22O4P2S4/c1-7-6-8(4-5-9(7)10(11)12)15-16(17,13-2)14-3;1-5-10-14(16,11-6-2)18-9-19-15(17,12-7-3)13-8-4/h4-6H,1-3H3;5-9H2,1-4H3. The van der Waals surface area contributed by atoms with Crippen LogP contribution in [0.1, 0.15) is 33.3 Å². The molecule has 0 unspecified atom stereocenters. The molecule has 0 bridgehead atoms. The summed E-state index contributed by atoms with van der Waals surface area (Å²) in [5, 5.41) is 11.3. The number of benzene rings is 1. The summed E-state index contributed by atoms with van der Waals surface area (Å²) in [4.78, 5) is 10.2. The molecule has 1 aromatic rings. The van der Waals surface area contributed by atoms with Crippen molar-refractivity contribution in [1.82, 2.24) is 0 Å². The van der Waals surface area contributed by atoms with Gasteiger partial charge in [0.05, 0.1) is 36.4 Å². The normalized spacial score (nSPS) is 12.1. The van der Waals surface area contributed by atoms with Crippen LogP contribution in [0.4, 0.5) is 5.69 Å². The molecule has 0 fully saturated rings. The molecule has 0 spiro atoms. The van der Waals surface area contributed by atoms with Crippen molar-refractivity contribution in [2.75, 3.05) is 45.7 Å². The van der Waals surface area contributed by atoms with Crippen LogP contribution >= 0.6 is 40.9 Å². The maximum atomic E-state index is 10.6. The lowest BCUT2D eigenvalue weighted by Crippen LogP contribution is -1.98. The van der Waals surface area contributed by atoms with Crippen LogP contribution in [-0.2, 0) is 62.6 Å². The molecule has 1 rings (SSSR count). The van der Waals surface area contributed by atoms with E-state index < -0.39 is 23.0 Å². The molecule has 0 aliphatic heterocycles. The highest BCUT2D eigenvalue weighted by atomic mass is 32.9. The zero-order chi connectivity index (χ0) is 27.8. The van der Waals surface area contributed by atoms with Crippen molar-refractivity contribution in [2.45, 2.75) is 34.6 Å². The average Bonchev–Trinajstić information content (AvgIpc) is 2.80. The minimum absolute atomic E-state index is 0.0282. The van der Waals surface area contributed by atoms with E-state index >= 15 is 0 Å². The largest absolute Gasteiger partial charge is 0.424 e. The molecule has 18 heteroatoms. The highest BCUT2D eigenvalue weighted by Gasteiger charge is 2.24. The van der Waals surface area contributed by atoms with Gasteiger partial charge in [-0.15, -0.1) is 0 Å². The Morgan fingerprint density at radius 2 is 1.28 bits per heavy atom. The van der Waals surface area contributed by atoms with Crippen LogP contribution in [0, 0.1) is 17.0 Å². The van der Waals surface area contributed by atoms with Crippen molar-refractivity contribution in [1.29, 1.82) is 0 Å². The second-order valence-corrected chi connectivity index (χ2v) is 22.2. The van der Waals surface area contributed by atoms with Crippen molar-refractivity contribution in [2.24, 2.45) is 0 Å². The smallest absolute Gasteiger partial charge is 0.380 e. The van der Waals surface area contributed by atoms with Gasteiger partial charge in [-0.1, -0.05) is 22.8 Å². The first-order valence-electron chi connectivity index (χ1n) is 10.6. The first-order valence-corrected chi connectivity index (χ1v) is 21.6. The predicted octanol–water partition coefficient (Wildman–Crippen LogP) is 7.80. The fourth-order valence-corrected chi connectivity index (χ4v) is 15.8. The second-order valence-electron chi connectivity index (χ2n) is 6.05. The molecular weight excluding hydrogens is 627 g/mol. The Morgan fingerprint density at radius 1 is 0.861 bits per heavy atom. The number of rotatable bonds is 17. The van der Waals surface area contributed by atoms with E-state index in [2.05, 4.69) is 0 Å². The van der Waals surface area contributed by atoms with E-state index in [4.69, 9.17) is 67.1 Å². The quantitative estimate of drug-likeness (QED) is 0.0701. The molecule has 0 atom stereocenters. The fourth-order valence-electron chi connectivity index (χ4n) is 2.18. The molecular formula is C18H34NO9P3S5. The van der Waals surface area contributed by atoms with Crippen LogP contribution in [0.15, 0.2) is 18.2 Å². The van der Waals surface area contributed by atoms with Gasteiger partial charge >= 0.3 is 6.72 Å². The zero-order valence-corrected chi connectivity index (χ0v) is 28.0. The Kier molecular flexibility index (Phi) is 19.4. The lowest BCUT2D eigenvalue weighted by Gasteiger charge is -2.23. The summed E-state index contributed by atoms with van der Waals surface area (Å²) in [6.45, 7) is 8.70. The van der Waals surface area contributed by atoms with Crippen LogP contribution < -0.4 is 4.52 Å². The molecule has 0 aliphatic rings. The van der Waals surface area contributed by atoms with E-state index in [1.54, 1.807) is 6.92 Å². The van der Waals surface area contributed by atoms with Crippen LogP contribution in [0.25, 0.3) is 0 Å². The van der Waals surface area contributed by atoms with Gasteiger partial charge in [-0.3, -0.25) is 10.1 Å². The molecule has 210 valence electrons. The maximum Gasteiger partial charge on any atom is 0.380 e. The molecule has 0 amide bonds. The van der Waals surface area contributed by atoms with Crippen LogP contribution in [0.3, 0.4) is 0 Å². The predicted molar refractivity (Wildman–Crippen MR) is 162 cm³/mol. The van der Waals surface area contributed by atoms with E-state index in [1.807, 2.05) is 27.7 Å². The summed E-state index contributed by atoms with van der Waals surface area (Å²) in [5.41, 5.74) is -3.99. The molecule has 0 aromatic heterocycles. The molecule has 0 saturated carbocycles. The van der Waals surface area contributed by atoms with E-state index in [1.165, 1.54) is 55.2 Å². The zero-order valence-electron chi connectivity index (χ0n) is 21.3. The van der Waals surface area contributed by atoms with E-state index in [-0.39, 0.29) is 5.69 Å². The third kappa shape index (κ3) is 14.3. The van der Waals surface area contributed by atoms with Gasteiger partial charge in [-0.2, -0.15) is 0 Å². The SMILES string of the molecule is CCOP(=S)(OCC)SCSP(=S)(OCC)OCC.COP(=S)(OC)Oc1ccc([N+](=O)[O-])c(C)c1. The molecule has 0 N–H and O–H groups in total. The minimum atomic E-state index is -2.80. The summed E-state index contributed by atoms with van der Waals surface area (Å²) in [5.74, 6) is 0.389. The Labute approximate surface area is 237 Å². The monoisotopic (exact) mass is 661 g/mol. The first kappa shape index (κ1) is 36.8. The number of nitro groups is 1. The number of nitrogens with zero attached hydrogens (tertiary/aromatic N) is 1. The second kappa shape index (κ2) is 19.0. The Balaban J connectivity index is 0.000000684. The average molecular weight is 662 g/mol. The lowest BCUT2D eigenvalue weighted by molar-refractivity contribution is -0.385. The topological polar surface area (TPSA) is 108 Å². The van der Waals surface area contributed by atoms with Crippen molar-refractivity contribution < 1.29 is 36.6 Å². The van der Waals surface area contributed by atoms with Crippen molar-refractivity contribution >= 4 is 82.0 Å². The van der Waals surface area contributed by atoms with Crippen LogP contribution in [0.5, 0.6) is 5.75 Å². The van der Waals surface area contributed by atoms with Gasteiger partial charge in [-0.25, -0.2) is 0 Å². The van der Waals surface area contributed by atoms with Gasteiger partial charge in [0.2, 0.25) is 11.4 Å². The lowest BCUT2D eigenvalue weighted by atomic mass is 10.2. The summed E-state index contributed by atoms with van der Waals surface area (Å²) >= 11 is 18.9. The Hall–Kier alpha value is 0.830. The molecule has 0 aliphatic carbocycles. The third-order valence-electron chi connectivity index (χ3n) is 3.60. The number of nitro benzene ring substituents is 1. The van der Waals surface area contributed by atoms with Crippen molar-refractivity contribution in [3.8, 4) is 5.75 Å². The van der Waals surface area contributed by atoms with Crippen LogP contribution in [-0.4, -0.2) is 50.7 Å². The molecule has 10 nitrogen and oxygen atoms in total. The van der Waals surface area contributed by atoms with Crippen molar-refractivity contribution in [3.63, 3.8) is 0 Å². The van der Waals surface area contributed by atoms with E-state index in [0.717, 1.165) is 0 Å². The maximum absolute atomic E-state index is 10.6. The van der Waals surface area contributed by atoms with Crippen LogP contribution in [0.2, 0.25) is 0 Å². The molecule has 0 heterocycles. The van der Waals surface area contributed by atoms with E-state index in [0.29, 0.717) is 42.8 Å². The molecule has 36 heavy (non-hydrogen) atoms. The highest BCUT2D eigenvalue weighted by molar-refractivity contribution is 8.76. The summed E-state index contributed by atoms with van der Waals surface area (Å²) < 4.78 is 37.5. The molecule has 0 saturated heterocycles. The van der Waals surface area contributed by atoms with E-state index in [9.17, 15) is 10.1 Å².